The van der Waals surface area contributed by atoms with Gasteiger partial charge in [-0.25, -0.2) is 10.2 Å². The minimum absolute atomic E-state index is 0.196. The van der Waals surface area contributed by atoms with Gasteiger partial charge in [-0.3, -0.25) is 4.79 Å². The van der Waals surface area contributed by atoms with Crippen molar-refractivity contribution in [2.45, 2.75) is 13.8 Å². The number of carbonyl (C=O) groups excluding carboxylic acids is 1. The van der Waals surface area contributed by atoms with E-state index in [0.717, 1.165) is 5.56 Å². The average molecular weight is 250 g/mol. The maximum absolute atomic E-state index is 11.3. The maximum atomic E-state index is 11.3. The standard InChI is InChI=1S/C12H14N2O4/c1-8-3-5-10(6-4-8)18-7-11(15)14-13-9(2)12(16)17/h3-6H,7H2,1-2H3,(H,14,15)(H,16,17)/b13-9+. The summed E-state index contributed by atoms with van der Waals surface area (Å²) in [7, 11) is 0. The van der Waals surface area contributed by atoms with Crippen molar-refractivity contribution in [3.8, 4) is 5.75 Å². The third kappa shape index (κ3) is 4.65. The minimum atomic E-state index is -1.19. The first kappa shape index (κ1) is 13.7. The molecule has 1 aromatic carbocycles. The summed E-state index contributed by atoms with van der Waals surface area (Å²) >= 11 is 0. The molecule has 96 valence electrons. The van der Waals surface area contributed by atoms with Gasteiger partial charge in [0.05, 0.1) is 0 Å². The van der Waals surface area contributed by atoms with Crippen LogP contribution >= 0.6 is 0 Å². The van der Waals surface area contributed by atoms with Crippen LogP contribution in [0.5, 0.6) is 5.75 Å². The molecule has 0 heterocycles. The Morgan fingerprint density at radius 1 is 1.33 bits per heavy atom. The number of benzene rings is 1. The number of ether oxygens (including phenoxy) is 1. The Bertz CT molecular complexity index is 465. The molecule has 0 aromatic heterocycles. The van der Waals surface area contributed by atoms with Gasteiger partial charge < -0.3 is 9.84 Å². The van der Waals surface area contributed by atoms with E-state index in [-0.39, 0.29) is 12.3 Å². The summed E-state index contributed by atoms with van der Waals surface area (Å²) in [6, 6.07) is 7.21. The van der Waals surface area contributed by atoms with Gasteiger partial charge in [0.25, 0.3) is 5.91 Å². The van der Waals surface area contributed by atoms with E-state index in [4.69, 9.17) is 9.84 Å². The fourth-order valence-corrected chi connectivity index (χ4v) is 1.01. The van der Waals surface area contributed by atoms with E-state index in [1.165, 1.54) is 6.92 Å². The van der Waals surface area contributed by atoms with Crippen LogP contribution in [0.2, 0.25) is 0 Å². The highest BCUT2D eigenvalue weighted by Gasteiger charge is 2.04. The molecule has 0 saturated carbocycles. The summed E-state index contributed by atoms with van der Waals surface area (Å²) in [5, 5.41) is 11.9. The van der Waals surface area contributed by atoms with Crippen molar-refractivity contribution >= 4 is 17.6 Å². The molecule has 0 aliphatic carbocycles. The summed E-state index contributed by atoms with van der Waals surface area (Å²) in [5.74, 6) is -1.14. The molecule has 0 atom stereocenters. The Labute approximate surface area is 104 Å². The number of nitrogens with zero attached hydrogens (tertiary/aromatic N) is 1. The summed E-state index contributed by atoms with van der Waals surface area (Å²) in [6.45, 7) is 3.00. The number of hydrogen-bond acceptors (Lipinski definition) is 4. The van der Waals surface area contributed by atoms with E-state index in [2.05, 4.69) is 10.5 Å². The number of aliphatic carboxylic acids is 1. The Morgan fingerprint density at radius 3 is 2.50 bits per heavy atom. The van der Waals surface area contributed by atoms with Crippen LogP contribution in [0.25, 0.3) is 0 Å². The minimum Gasteiger partial charge on any atom is -0.484 e. The second-order valence-electron chi connectivity index (χ2n) is 3.64. The number of aryl methyl sites for hydroxylation is 1. The first-order chi connectivity index (χ1) is 8.49. The molecule has 0 saturated heterocycles. The molecule has 0 aliphatic rings. The number of carboxylic acids is 1. The lowest BCUT2D eigenvalue weighted by Crippen LogP contribution is -2.26. The predicted molar refractivity (Wildman–Crippen MR) is 65.6 cm³/mol. The normalized spacial score (nSPS) is 10.9. The molecule has 0 bridgehead atoms. The molecule has 1 amide bonds. The van der Waals surface area contributed by atoms with Crippen molar-refractivity contribution in [1.29, 1.82) is 0 Å². The zero-order valence-corrected chi connectivity index (χ0v) is 10.1. The SMILES string of the molecule is C/C(=N\NC(=O)COc1ccc(C)cc1)C(=O)O. The van der Waals surface area contributed by atoms with Crippen molar-refractivity contribution in [2.75, 3.05) is 6.61 Å². The van der Waals surface area contributed by atoms with Gasteiger partial charge >= 0.3 is 5.97 Å². The van der Waals surface area contributed by atoms with Gasteiger partial charge in [0.15, 0.2) is 6.61 Å². The van der Waals surface area contributed by atoms with Gasteiger partial charge in [0, 0.05) is 0 Å². The summed E-state index contributed by atoms with van der Waals surface area (Å²) in [5.41, 5.74) is 2.98. The van der Waals surface area contributed by atoms with Crippen molar-refractivity contribution in [3.63, 3.8) is 0 Å². The topological polar surface area (TPSA) is 88.0 Å². The van der Waals surface area contributed by atoms with Crippen molar-refractivity contribution in [2.24, 2.45) is 5.10 Å². The van der Waals surface area contributed by atoms with Gasteiger partial charge in [-0.1, -0.05) is 17.7 Å². The van der Waals surface area contributed by atoms with Crippen LogP contribution < -0.4 is 10.2 Å². The Morgan fingerprint density at radius 2 is 1.94 bits per heavy atom. The molecule has 1 aromatic rings. The molecule has 0 aliphatic heterocycles. The second-order valence-corrected chi connectivity index (χ2v) is 3.64. The number of amides is 1. The Kier molecular flexibility index (Phi) is 4.86. The van der Waals surface area contributed by atoms with Crippen molar-refractivity contribution in [3.05, 3.63) is 29.8 Å². The smallest absolute Gasteiger partial charge is 0.351 e. The van der Waals surface area contributed by atoms with Crippen LogP contribution in [0, 0.1) is 6.92 Å². The molecule has 18 heavy (non-hydrogen) atoms. The third-order valence-electron chi connectivity index (χ3n) is 2.05. The van der Waals surface area contributed by atoms with Crippen LogP contribution in [0.4, 0.5) is 0 Å². The molecule has 6 heteroatoms. The van der Waals surface area contributed by atoms with Gasteiger partial charge in [-0.05, 0) is 26.0 Å². The van der Waals surface area contributed by atoms with Crippen LogP contribution in [0.15, 0.2) is 29.4 Å². The van der Waals surface area contributed by atoms with E-state index in [1.807, 2.05) is 19.1 Å². The fraction of sp³-hybridized carbons (Fsp3) is 0.250. The van der Waals surface area contributed by atoms with Gasteiger partial charge in [0.2, 0.25) is 0 Å². The summed E-state index contributed by atoms with van der Waals surface area (Å²) < 4.78 is 5.19. The Hall–Kier alpha value is -2.37. The Balaban J connectivity index is 2.40. The van der Waals surface area contributed by atoms with Crippen molar-refractivity contribution in [1.82, 2.24) is 5.43 Å². The van der Waals surface area contributed by atoms with E-state index in [9.17, 15) is 9.59 Å². The molecular weight excluding hydrogens is 236 g/mol. The second kappa shape index (κ2) is 6.39. The van der Waals surface area contributed by atoms with Gasteiger partial charge in [-0.2, -0.15) is 5.10 Å². The fourth-order valence-electron chi connectivity index (χ4n) is 1.01. The lowest BCUT2D eigenvalue weighted by molar-refractivity contribution is -0.129. The summed E-state index contributed by atoms with van der Waals surface area (Å²) in [6.07, 6.45) is 0. The molecule has 0 fully saturated rings. The van der Waals surface area contributed by atoms with Crippen LogP contribution in [-0.4, -0.2) is 29.3 Å². The highest BCUT2D eigenvalue weighted by Crippen LogP contribution is 2.10. The van der Waals surface area contributed by atoms with E-state index < -0.39 is 11.9 Å². The molecule has 0 unspecified atom stereocenters. The highest BCUT2D eigenvalue weighted by atomic mass is 16.5. The zero-order chi connectivity index (χ0) is 13.5. The van der Waals surface area contributed by atoms with Gasteiger partial charge in [0.1, 0.15) is 11.5 Å². The average Bonchev–Trinajstić information content (AvgIpc) is 2.35. The first-order valence-corrected chi connectivity index (χ1v) is 5.25. The van der Waals surface area contributed by atoms with Gasteiger partial charge in [-0.15, -0.1) is 0 Å². The van der Waals surface area contributed by atoms with Crippen molar-refractivity contribution < 1.29 is 19.4 Å². The molecule has 0 spiro atoms. The third-order valence-corrected chi connectivity index (χ3v) is 2.05. The molecular formula is C12H14N2O4. The number of carbonyl (C=O) groups is 2. The molecule has 6 nitrogen and oxygen atoms in total. The van der Waals surface area contributed by atoms with E-state index >= 15 is 0 Å². The molecule has 1 rings (SSSR count). The number of carboxylic acid groups (broad SMARTS) is 1. The number of nitrogens with one attached hydrogen (secondary N) is 1. The van der Waals surface area contributed by atoms with Crippen LogP contribution in [0.1, 0.15) is 12.5 Å². The number of hydrogen-bond donors (Lipinski definition) is 2. The largest absolute Gasteiger partial charge is 0.484 e. The predicted octanol–water partition coefficient (Wildman–Crippen LogP) is 0.951. The maximum Gasteiger partial charge on any atom is 0.351 e. The van der Waals surface area contributed by atoms with Crippen LogP contribution in [-0.2, 0) is 9.59 Å². The lowest BCUT2D eigenvalue weighted by atomic mass is 10.2. The highest BCUT2D eigenvalue weighted by molar-refractivity contribution is 6.34. The zero-order valence-electron chi connectivity index (χ0n) is 10.1. The first-order valence-electron chi connectivity index (χ1n) is 5.25. The number of hydrazone groups is 1. The number of rotatable bonds is 5. The quantitative estimate of drug-likeness (QED) is 0.601. The molecule has 0 radical (unpaired) electrons. The van der Waals surface area contributed by atoms with E-state index in [0.29, 0.717) is 5.75 Å². The van der Waals surface area contributed by atoms with E-state index in [1.54, 1.807) is 12.1 Å². The monoisotopic (exact) mass is 250 g/mol. The lowest BCUT2D eigenvalue weighted by Gasteiger charge is -2.05. The molecule has 2 N–H and O–H groups in total. The summed E-state index contributed by atoms with van der Waals surface area (Å²) in [4.78, 5) is 21.7. The van der Waals surface area contributed by atoms with Crippen LogP contribution in [0.3, 0.4) is 0 Å².